The molecule has 2 heterocycles. The van der Waals surface area contributed by atoms with Crippen LogP contribution in [0.1, 0.15) is 17.8 Å². The van der Waals surface area contributed by atoms with Crippen LogP contribution in [-0.4, -0.2) is 46.4 Å². The summed E-state index contributed by atoms with van der Waals surface area (Å²) in [4.78, 5) is 31.4. The van der Waals surface area contributed by atoms with Crippen molar-refractivity contribution >= 4 is 17.5 Å². The first-order valence-electron chi connectivity index (χ1n) is 9.23. The summed E-state index contributed by atoms with van der Waals surface area (Å²) >= 11 is 0. The van der Waals surface area contributed by atoms with Gasteiger partial charge in [0.05, 0.1) is 18.4 Å². The fourth-order valence-corrected chi connectivity index (χ4v) is 3.36. The summed E-state index contributed by atoms with van der Waals surface area (Å²) in [5.41, 5.74) is 1.93. The Morgan fingerprint density at radius 3 is 2.63 bits per heavy atom. The number of piperidine rings is 1. The molecule has 1 saturated heterocycles. The number of anilines is 1. The van der Waals surface area contributed by atoms with Gasteiger partial charge in [-0.1, -0.05) is 17.7 Å². The predicted octanol–water partition coefficient (Wildman–Crippen LogP) is 1.55. The standard InChI is InChI=1S/C20H27N5O2/c1-14-4-6-17(7-5-14)23-19(26)15-10-16(12-21-11-15)20(27)25(3)13-18-22-8-9-24(18)2/h4-9,15-16,21H,10-13H2,1-3H3,(H,23,26)/t15-,16+/m1/s1. The monoisotopic (exact) mass is 369 g/mol. The second kappa shape index (κ2) is 8.35. The molecule has 0 aliphatic carbocycles. The predicted molar refractivity (Wildman–Crippen MR) is 104 cm³/mol. The lowest BCUT2D eigenvalue weighted by molar-refractivity contribution is -0.136. The number of aryl methyl sites for hydroxylation is 2. The van der Waals surface area contributed by atoms with Gasteiger partial charge in [0.2, 0.25) is 11.8 Å². The Morgan fingerprint density at radius 2 is 1.96 bits per heavy atom. The summed E-state index contributed by atoms with van der Waals surface area (Å²) in [6.07, 6.45) is 4.14. The third-order valence-corrected chi connectivity index (χ3v) is 5.07. The molecule has 144 valence electrons. The summed E-state index contributed by atoms with van der Waals surface area (Å²) in [6.45, 7) is 3.65. The first-order valence-corrected chi connectivity index (χ1v) is 9.23. The van der Waals surface area contributed by atoms with Crippen LogP contribution in [0.25, 0.3) is 0 Å². The first kappa shape index (κ1) is 19.1. The van der Waals surface area contributed by atoms with E-state index in [0.29, 0.717) is 26.1 Å². The van der Waals surface area contributed by atoms with Gasteiger partial charge in [-0.15, -0.1) is 0 Å². The van der Waals surface area contributed by atoms with E-state index in [1.165, 1.54) is 0 Å². The Morgan fingerprint density at radius 1 is 1.26 bits per heavy atom. The quantitative estimate of drug-likeness (QED) is 0.838. The number of hydrogen-bond donors (Lipinski definition) is 2. The number of carbonyl (C=O) groups excluding carboxylic acids is 2. The molecule has 0 unspecified atom stereocenters. The van der Waals surface area contributed by atoms with Crippen LogP contribution in [0, 0.1) is 18.8 Å². The van der Waals surface area contributed by atoms with E-state index in [1.54, 1.807) is 18.1 Å². The van der Waals surface area contributed by atoms with Crippen molar-refractivity contribution in [3.05, 3.63) is 48.0 Å². The van der Waals surface area contributed by atoms with Gasteiger partial charge in [0, 0.05) is 45.3 Å². The third-order valence-electron chi connectivity index (χ3n) is 5.07. The van der Waals surface area contributed by atoms with Gasteiger partial charge in [0.15, 0.2) is 0 Å². The van der Waals surface area contributed by atoms with Crippen molar-refractivity contribution in [2.45, 2.75) is 19.9 Å². The molecule has 0 saturated carbocycles. The van der Waals surface area contributed by atoms with Crippen LogP contribution in [0.5, 0.6) is 0 Å². The van der Waals surface area contributed by atoms with Crippen LogP contribution >= 0.6 is 0 Å². The lowest BCUT2D eigenvalue weighted by Crippen LogP contribution is -2.47. The molecule has 1 fully saturated rings. The number of nitrogens with one attached hydrogen (secondary N) is 2. The van der Waals surface area contributed by atoms with Crippen molar-refractivity contribution in [3.63, 3.8) is 0 Å². The largest absolute Gasteiger partial charge is 0.338 e. The summed E-state index contributed by atoms with van der Waals surface area (Å²) in [7, 11) is 3.70. The number of benzene rings is 1. The third kappa shape index (κ3) is 4.74. The smallest absolute Gasteiger partial charge is 0.228 e. The minimum atomic E-state index is -0.226. The minimum absolute atomic E-state index is 0.0401. The minimum Gasteiger partial charge on any atom is -0.338 e. The van der Waals surface area contributed by atoms with Crippen molar-refractivity contribution < 1.29 is 9.59 Å². The normalized spacial score (nSPS) is 19.5. The summed E-state index contributed by atoms with van der Waals surface area (Å²) in [5.74, 6) is 0.394. The molecule has 7 heteroatoms. The highest BCUT2D eigenvalue weighted by Gasteiger charge is 2.32. The fourth-order valence-electron chi connectivity index (χ4n) is 3.36. The van der Waals surface area contributed by atoms with Crippen molar-refractivity contribution in [2.75, 3.05) is 25.5 Å². The van der Waals surface area contributed by atoms with Gasteiger partial charge in [0.25, 0.3) is 0 Å². The molecule has 7 nitrogen and oxygen atoms in total. The van der Waals surface area contributed by atoms with Crippen LogP contribution < -0.4 is 10.6 Å². The maximum Gasteiger partial charge on any atom is 0.228 e. The average Bonchev–Trinajstić information content (AvgIpc) is 3.07. The summed E-state index contributed by atoms with van der Waals surface area (Å²) < 4.78 is 1.90. The van der Waals surface area contributed by atoms with Gasteiger partial charge in [0.1, 0.15) is 5.82 Å². The van der Waals surface area contributed by atoms with E-state index in [1.807, 2.05) is 49.0 Å². The SMILES string of the molecule is Cc1ccc(NC(=O)[C@H]2CNC[C@@H](C(=O)N(C)Cc3nccn3C)C2)cc1. The molecule has 0 radical (unpaired) electrons. The highest BCUT2D eigenvalue weighted by molar-refractivity contribution is 5.93. The molecule has 0 bridgehead atoms. The van der Waals surface area contributed by atoms with Gasteiger partial charge in [-0.05, 0) is 25.5 Å². The zero-order valence-corrected chi connectivity index (χ0v) is 16.1. The highest BCUT2D eigenvalue weighted by Crippen LogP contribution is 2.21. The van der Waals surface area contributed by atoms with Crippen molar-refractivity contribution in [3.8, 4) is 0 Å². The van der Waals surface area contributed by atoms with Crippen molar-refractivity contribution in [2.24, 2.45) is 18.9 Å². The lowest BCUT2D eigenvalue weighted by Gasteiger charge is -2.31. The van der Waals surface area contributed by atoms with Gasteiger partial charge >= 0.3 is 0 Å². The van der Waals surface area contributed by atoms with Crippen LogP contribution in [0.4, 0.5) is 5.69 Å². The van der Waals surface area contributed by atoms with E-state index in [2.05, 4.69) is 15.6 Å². The molecule has 3 rings (SSSR count). The van der Waals surface area contributed by atoms with E-state index in [-0.39, 0.29) is 23.7 Å². The molecule has 2 amide bonds. The molecule has 2 aromatic rings. The van der Waals surface area contributed by atoms with E-state index in [4.69, 9.17) is 0 Å². The van der Waals surface area contributed by atoms with Crippen LogP contribution in [0.15, 0.2) is 36.7 Å². The van der Waals surface area contributed by atoms with Crippen LogP contribution in [0.2, 0.25) is 0 Å². The number of imidazole rings is 1. The number of carbonyl (C=O) groups is 2. The van der Waals surface area contributed by atoms with E-state index in [0.717, 1.165) is 17.1 Å². The summed E-state index contributed by atoms with van der Waals surface area (Å²) in [6, 6.07) is 7.72. The van der Waals surface area contributed by atoms with Crippen LogP contribution in [0.3, 0.4) is 0 Å². The molecule has 1 aliphatic heterocycles. The number of rotatable bonds is 5. The molecule has 0 spiro atoms. The number of aromatic nitrogens is 2. The zero-order valence-electron chi connectivity index (χ0n) is 16.1. The van der Waals surface area contributed by atoms with Gasteiger partial charge in [-0.25, -0.2) is 4.98 Å². The summed E-state index contributed by atoms with van der Waals surface area (Å²) in [5, 5.41) is 6.19. The molecular formula is C20H27N5O2. The lowest BCUT2D eigenvalue weighted by atomic mass is 9.89. The molecule has 1 aliphatic rings. The van der Waals surface area contributed by atoms with Gasteiger partial charge in [-0.2, -0.15) is 0 Å². The second-order valence-corrected chi connectivity index (χ2v) is 7.29. The Hall–Kier alpha value is -2.67. The topological polar surface area (TPSA) is 79.3 Å². The number of nitrogens with zero attached hydrogens (tertiary/aromatic N) is 3. The Kier molecular flexibility index (Phi) is 5.91. The zero-order chi connectivity index (χ0) is 19.4. The van der Waals surface area contributed by atoms with Crippen molar-refractivity contribution in [1.29, 1.82) is 0 Å². The van der Waals surface area contributed by atoms with E-state index < -0.39 is 0 Å². The Bertz CT molecular complexity index is 799. The van der Waals surface area contributed by atoms with Gasteiger partial charge in [-0.3, -0.25) is 9.59 Å². The Balaban J connectivity index is 1.57. The molecule has 2 N–H and O–H groups in total. The van der Waals surface area contributed by atoms with Crippen LogP contribution in [-0.2, 0) is 23.2 Å². The molecule has 2 atom stereocenters. The van der Waals surface area contributed by atoms with E-state index >= 15 is 0 Å². The maximum atomic E-state index is 12.8. The van der Waals surface area contributed by atoms with Crippen molar-refractivity contribution in [1.82, 2.24) is 19.8 Å². The highest BCUT2D eigenvalue weighted by atomic mass is 16.2. The first-order chi connectivity index (χ1) is 12.9. The molecule has 27 heavy (non-hydrogen) atoms. The molecule has 1 aromatic carbocycles. The van der Waals surface area contributed by atoms with E-state index in [9.17, 15) is 9.59 Å². The van der Waals surface area contributed by atoms with Gasteiger partial charge < -0.3 is 20.1 Å². The number of hydrogen-bond acceptors (Lipinski definition) is 4. The fraction of sp³-hybridized carbons (Fsp3) is 0.450. The second-order valence-electron chi connectivity index (χ2n) is 7.29. The Labute approximate surface area is 159 Å². The number of amides is 2. The molecule has 1 aromatic heterocycles. The average molecular weight is 369 g/mol. The maximum absolute atomic E-state index is 12.8. The molecular weight excluding hydrogens is 342 g/mol.